The molecule has 0 heterocycles. The Morgan fingerprint density at radius 3 is 2.60 bits per heavy atom. The van der Waals surface area contributed by atoms with E-state index < -0.39 is 0 Å². The molecule has 0 aliphatic carbocycles. The Bertz CT molecular complexity index is 659. The first kappa shape index (κ1) is 14.1. The summed E-state index contributed by atoms with van der Waals surface area (Å²) in [4.78, 5) is 12.3. The predicted octanol–water partition coefficient (Wildman–Crippen LogP) is 3.89. The van der Waals surface area contributed by atoms with Gasteiger partial charge in [-0.05, 0) is 43.3 Å². The zero-order valence-electron chi connectivity index (χ0n) is 10.9. The zero-order chi connectivity index (χ0) is 14.5. The SMILES string of the molecule is CC(Nc1ccc(Cl)cc1)C(=O)c1cccc(C#N)c1. The Morgan fingerprint density at radius 2 is 1.95 bits per heavy atom. The summed E-state index contributed by atoms with van der Waals surface area (Å²) in [7, 11) is 0. The molecule has 100 valence electrons. The Labute approximate surface area is 122 Å². The molecule has 0 saturated carbocycles. The van der Waals surface area contributed by atoms with E-state index >= 15 is 0 Å². The summed E-state index contributed by atoms with van der Waals surface area (Å²) < 4.78 is 0. The molecule has 3 nitrogen and oxygen atoms in total. The highest BCUT2D eigenvalue weighted by Gasteiger charge is 2.15. The van der Waals surface area contributed by atoms with Crippen LogP contribution in [0.4, 0.5) is 5.69 Å². The van der Waals surface area contributed by atoms with Crippen molar-refractivity contribution in [3.05, 3.63) is 64.7 Å². The zero-order valence-corrected chi connectivity index (χ0v) is 11.7. The molecule has 0 saturated heterocycles. The largest absolute Gasteiger partial charge is 0.375 e. The summed E-state index contributed by atoms with van der Waals surface area (Å²) in [6, 6.07) is 15.5. The fourth-order valence-electron chi connectivity index (χ4n) is 1.85. The van der Waals surface area contributed by atoms with Crippen molar-refractivity contribution in [3.8, 4) is 6.07 Å². The molecule has 1 N–H and O–H groups in total. The molecule has 2 aromatic rings. The normalized spacial score (nSPS) is 11.4. The van der Waals surface area contributed by atoms with Gasteiger partial charge in [0.1, 0.15) is 0 Å². The van der Waals surface area contributed by atoms with Gasteiger partial charge >= 0.3 is 0 Å². The van der Waals surface area contributed by atoms with Crippen molar-refractivity contribution in [2.45, 2.75) is 13.0 Å². The minimum Gasteiger partial charge on any atom is -0.375 e. The molecular formula is C16H13ClN2O. The van der Waals surface area contributed by atoms with Crippen LogP contribution in [-0.4, -0.2) is 11.8 Å². The van der Waals surface area contributed by atoms with E-state index in [1.165, 1.54) is 0 Å². The lowest BCUT2D eigenvalue weighted by Crippen LogP contribution is -2.26. The van der Waals surface area contributed by atoms with Gasteiger partial charge in [0.15, 0.2) is 5.78 Å². The molecule has 0 fully saturated rings. The Kier molecular flexibility index (Phi) is 4.39. The molecule has 2 rings (SSSR count). The van der Waals surface area contributed by atoms with Gasteiger partial charge in [-0.2, -0.15) is 5.26 Å². The third-order valence-corrected chi connectivity index (χ3v) is 3.15. The molecule has 0 aliphatic rings. The molecule has 0 aromatic heterocycles. The summed E-state index contributed by atoms with van der Waals surface area (Å²) in [5.41, 5.74) is 1.83. The van der Waals surface area contributed by atoms with Crippen molar-refractivity contribution < 1.29 is 4.79 Å². The van der Waals surface area contributed by atoms with Gasteiger partial charge in [-0.15, -0.1) is 0 Å². The average molecular weight is 285 g/mol. The lowest BCUT2D eigenvalue weighted by Gasteiger charge is -2.14. The van der Waals surface area contributed by atoms with Crippen LogP contribution in [-0.2, 0) is 0 Å². The third-order valence-electron chi connectivity index (χ3n) is 2.90. The number of halogens is 1. The molecular weight excluding hydrogens is 272 g/mol. The highest BCUT2D eigenvalue weighted by molar-refractivity contribution is 6.30. The standard InChI is InChI=1S/C16H13ClN2O/c1-11(19-15-7-5-14(17)6-8-15)16(20)13-4-2-3-12(9-13)10-18/h2-9,11,19H,1H3. The summed E-state index contributed by atoms with van der Waals surface area (Å²) in [6.45, 7) is 1.79. The number of hydrogen-bond acceptors (Lipinski definition) is 3. The van der Waals surface area contributed by atoms with Crippen LogP contribution in [0.25, 0.3) is 0 Å². The summed E-state index contributed by atoms with van der Waals surface area (Å²) in [6.07, 6.45) is 0. The fraction of sp³-hybridized carbons (Fsp3) is 0.125. The maximum absolute atomic E-state index is 12.3. The number of Topliss-reactive ketones (excluding diaryl/α,β-unsaturated/α-hetero) is 1. The Balaban J connectivity index is 2.12. The molecule has 20 heavy (non-hydrogen) atoms. The summed E-state index contributed by atoms with van der Waals surface area (Å²) >= 11 is 5.81. The quantitative estimate of drug-likeness (QED) is 0.867. The van der Waals surface area contributed by atoms with E-state index in [-0.39, 0.29) is 11.8 Å². The van der Waals surface area contributed by atoms with Crippen molar-refractivity contribution in [1.29, 1.82) is 5.26 Å². The van der Waals surface area contributed by atoms with Gasteiger partial charge in [0.2, 0.25) is 0 Å². The Morgan fingerprint density at radius 1 is 1.25 bits per heavy atom. The predicted molar refractivity (Wildman–Crippen MR) is 80.0 cm³/mol. The second-order valence-electron chi connectivity index (χ2n) is 4.43. The molecule has 1 unspecified atom stereocenters. The topological polar surface area (TPSA) is 52.9 Å². The van der Waals surface area contributed by atoms with E-state index in [1.807, 2.05) is 18.2 Å². The van der Waals surface area contributed by atoms with Gasteiger partial charge in [-0.3, -0.25) is 4.79 Å². The molecule has 0 radical (unpaired) electrons. The van der Waals surface area contributed by atoms with E-state index in [9.17, 15) is 4.79 Å². The maximum Gasteiger partial charge on any atom is 0.184 e. The van der Waals surface area contributed by atoms with Crippen molar-refractivity contribution in [2.75, 3.05) is 5.32 Å². The second-order valence-corrected chi connectivity index (χ2v) is 4.87. The van der Waals surface area contributed by atoms with Crippen molar-refractivity contribution >= 4 is 23.1 Å². The van der Waals surface area contributed by atoms with Crippen LogP contribution in [0.1, 0.15) is 22.8 Å². The average Bonchev–Trinajstić information content (AvgIpc) is 2.48. The van der Waals surface area contributed by atoms with Crippen LogP contribution >= 0.6 is 11.6 Å². The molecule has 0 bridgehead atoms. The first-order valence-corrected chi connectivity index (χ1v) is 6.54. The number of anilines is 1. The second kappa shape index (κ2) is 6.23. The van der Waals surface area contributed by atoms with Crippen LogP contribution < -0.4 is 5.32 Å². The van der Waals surface area contributed by atoms with Crippen LogP contribution in [0.15, 0.2) is 48.5 Å². The van der Waals surface area contributed by atoms with Gasteiger partial charge in [-0.1, -0.05) is 23.7 Å². The van der Waals surface area contributed by atoms with Crippen LogP contribution in [0.5, 0.6) is 0 Å². The lowest BCUT2D eigenvalue weighted by atomic mass is 10.0. The van der Waals surface area contributed by atoms with Crippen molar-refractivity contribution in [1.82, 2.24) is 0 Å². The van der Waals surface area contributed by atoms with E-state index in [1.54, 1.807) is 43.3 Å². The summed E-state index contributed by atoms with van der Waals surface area (Å²) in [5.74, 6) is -0.0583. The van der Waals surface area contributed by atoms with Gasteiger partial charge in [0.05, 0.1) is 17.7 Å². The smallest absolute Gasteiger partial charge is 0.184 e. The first-order chi connectivity index (χ1) is 9.60. The lowest BCUT2D eigenvalue weighted by molar-refractivity contribution is 0.0975. The third kappa shape index (κ3) is 3.37. The maximum atomic E-state index is 12.3. The van der Waals surface area contributed by atoms with Gasteiger partial charge in [0, 0.05) is 16.3 Å². The molecule has 0 amide bonds. The minimum atomic E-state index is -0.384. The number of carbonyl (C=O) groups is 1. The van der Waals surface area contributed by atoms with Crippen molar-refractivity contribution in [3.63, 3.8) is 0 Å². The number of nitrogens with zero attached hydrogens (tertiary/aromatic N) is 1. The molecule has 0 spiro atoms. The minimum absolute atomic E-state index is 0.0583. The summed E-state index contributed by atoms with van der Waals surface area (Å²) in [5, 5.41) is 12.6. The van der Waals surface area contributed by atoms with Crippen LogP contribution in [0.3, 0.4) is 0 Å². The van der Waals surface area contributed by atoms with E-state index in [4.69, 9.17) is 16.9 Å². The number of benzene rings is 2. The number of carbonyl (C=O) groups excluding carboxylic acids is 1. The van der Waals surface area contributed by atoms with E-state index in [0.29, 0.717) is 16.1 Å². The molecule has 2 aromatic carbocycles. The molecule has 1 atom stereocenters. The number of rotatable bonds is 4. The van der Waals surface area contributed by atoms with Crippen LogP contribution in [0.2, 0.25) is 5.02 Å². The fourth-order valence-corrected chi connectivity index (χ4v) is 1.98. The van der Waals surface area contributed by atoms with E-state index in [0.717, 1.165) is 5.69 Å². The van der Waals surface area contributed by atoms with Crippen molar-refractivity contribution in [2.24, 2.45) is 0 Å². The van der Waals surface area contributed by atoms with E-state index in [2.05, 4.69) is 5.32 Å². The number of ketones is 1. The van der Waals surface area contributed by atoms with Gasteiger partial charge in [-0.25, -0.2) is 0 Å². The Hall–Kier alpha value is -2.31. The molecule has 0 aliphatic heterocycles. The van der Waals surface area contributed by atoms with Crippen LogP contribution in [0, 0.1) is 11.3 Å². The van der Waals surface area contributed by atoms with Gasteiger partial charge < -0.3 is 5.32 Å². The first-order valence-electron chi connectivity index (χ1n) is 6.16. The molecule has 4 heteroatoms. The number of nitrogens with one attached hydrogen (secondary N) is 1. The number of nitriles is 1. The highest BCUT2D eigenvalue weighted by atomic mass is 35.5. The van der Waals surface area contributed by atoms with Gasteiger partial charge in [0.25, 0.3) is 0 Å². The number of hydrogen-bond donors (Lipinski definition) is 1. The monoisotopic (exact) mass is 284 g/mol. The highest BCUT2D eigenvalue weighted by Crippen LogP contribution is 2.16.